The van der Waals surface area contributed by atoms with Crippen molar-refractivity contribution in [1.82, 2.24) is 0 Å². The van der Waals surface area contributed by atoms with Crippen LogP contribution in [0.4, 0.5) is 32.0 Å². The van der Waals surface area contributed by atoms with E-state index in [1.54, 1.807) is 0 Å². The molecule has 0 fully saturated rings. The van der Waals surface area contributed by atoms with Crippen molar-refractivity contribution in [3.8, 4) is 11.1 Å². The van der Waals surface area contributed by atoms with Gasteiger partial charge in [-0.3, -0.25) is 0 Å². The number of halogens is 6. The average molecular weight is 319 g/mol. The molecule has 2 aromatic carbocycles. The van der Waals surface area contributed by atoms with Crippen LogP contribution < -0.4 is 5.73 Å². The average Bonchev–Trinajstić information content (AvgIpc) is 2.37. The van der Waals surface area contributed by atoms with Crippen molar-refractivity contribution in [2.75, 3.05) is 5.73 Å². The Balaban J connectivity index is 2.59. The molecule has 118 valence electrons. The molecule has 22 heavy (non-hydrogen) atoms. The molecule has 0 radical (unpaired) electrons. The maximum absolute atomic E-state index is 12.9. The van der Waals surface area contributed by atoms with E-state index in [0.29, 0.717) is 0 Å². The number of benzene rings is 2. The first-order valence-corrected chi connectivity index (χ1v) is 6.15. The third-order valence-corrected chi connectivity index (χ3v) is 3.23. The van der Waals surface area contributed by atoms with Gasteiger partial charge in [0.2, 0.25) is 0 Å². The van der Waals surface area contributed by atoms with Crippen LogP contribution in [0.2, 0.25) is 0 Å². The quantitative estimate of drug-likeness (QED) is 0.561. The first-order valence-electron chi connectivity index (χ1n) is 6.15. The normalized spacial score (nSPS) is 12.5. The molecule has 0 aliphatic heterocycles. The molecule has 0 unspecified atom stereocenters. The Kier molecular flexibility index (Phi) is 3.85. The van der Waals surface area contributed by atoms with Gasteiger partial charge in [-0.15, -0.1) is 0 Å². The van der Waals surface area contributed by atoms with E-state index < -0.39 is 29.2 Å². The van der Waals surface area contributed by atoms with E-state index in [1.807, 2.05) is 0 Å². The highest BCUT2D eigenvalue weighted by Gasteiger charge is 2.34. The third kappa shape index (κ3) is 3.18. The fourth-order valence-electron chi connectivity index (χ4n) is 2.09. The standard InChI is InChI=1S/C15H11F6N/c1-8-2-3-9(6-11(8)14(16,17)18)10-4-5-13(22)12(7-10)15(19,20)21/h2-7H,22H2,1H3. The van der Waals surface area contributed by atoms with Crippen LogP contribution in [0.15, 0.2) is 36.4 Å². The highest BCUT2D eigenvalue weighted by atomic mass is 19.4. The van der Waals surface area contributed by atoms with Crippen molar-refractivity contribution in [3.05, 3.63) is 53.1 Å². The van der Waals surface area contributed by atoms with Gasteiger partial charge in [-0.05, 0) is 41.8 Å². The molecule has 0 saturated heterocycles. The van der Waals surface area contributed by atoms with Crippen LogP contribution in [0.1, 0.15) is 16.7 Å². The van der Waals surface area contributed by atoms with Crippen LogP contribution >= 0.6 is 0 Å². The first-order chi connectivity index (χ1) is 10.00. The largest absolute Gasteiger partial charge is 0.418 e. The summed E-state index contributed by atoms with van der Waals surface area (Å²) in [6.07, 6.45) is -9.24. The number of aryl methyl sites for hydroxylation is 1. The molecule has 0 aromatic heterocycles. The Morgan fingerprint density at radius 3 is 1.68 bits per heavy atom. The monoisotopic (exact) mass is 319 g/mol. The molecule has 2 aromatic rings. The minimum atomic E-state index is -4.67. The summed E-state index contributed by atoms with van der Waals surface area (Å²) in [6.45, 7) is 1.29. The second-order valence-corrected chi connectivity index (χ2v) is 4.83. The summed E-state index contributed by atoms with van der Waals surface area (Å²) in [5.74, 6) is 0. The fourth-order valence-corrected chi connectivity index (χ4v) is 2.09. The second kappa shape index (κ2) is 5.23. The van der Waals surface area contributed by atoms with Gasteiger partial charge in [0.05, 0.1) is 11.1 Å². The molecule has 0 aliphatic rings. The van der Waals surface area contributed by atoms with E-state index in [1.165, 1.54) is 25.1 Å². The van der Waals surface area contributed by atoms with Gasteiger partial charge in [-0.2, -0.15) is 26.3 Å². The smallest absolute Gasteiger partial charge is 0.398 e. The van der Waals surface area contributed by atoms with Gasteiger partial charge in [0.15, 0.2) is 0 Å². The number of hydrogen-bond donors (Lipinski definition) is 1. The third-order valence-electron chi connectivity index (χ3n) is 3.23. The first kappa shape index (κ1) is 16.2. The fraction of sp³-hybridized carbons (Fsp3) is 0.200. The van der Waals surface area contributed by atoms with E-state index in [9.17, 15) is 26.3 Å². The van der Waals surface area contributed by atoms with E-state index in [2.05, 4.69) is 0 Å². The van der Waals surface area contributed by atoms with Gasteiger partial charge in [-0.1, -0.05) is 18.2 Å². The molecule has 0 saturated carbocycles. The Morgan fingerprint density at radius 1 is 0.727 bits per heavy atom. The van der Waals surface area contributed by atoms with Gasteiger partial charge in [0, 0.05) is 5.69 Å². The van der Waals surface area contributed by atoms with Gasteiger partial charge in [0.25, 0.3) is 0 Å². The van der Waals surface area contributed by atoms with Crippen molar-refractivity contribution in [3.63, 3.8) is 0 Å². The van der Waals surface area contributed by atoms with Crippen molar-refractivity contribution in [2.24, 2.45) is 0 Å². The molecule has 0 atom stereocenters. The number of nitrogens with two attached hydrogens (primary N) is 1. The molecular weight excluding hydrogens is 308 g/mol. The molecule has 0 spiro atoms. The lowest BCUT2D eigenvalue weighted by atomic mass is 9.97. The van der Waals surface area contributed by atoms with E-state index in [0.717, 1.165) is 18.2 Å². The molecular formula is C15H11F6N. The zero-order valence-corrected chi connectivity index (χ0v) is 11.3. The van der Waals surface area contributed by atoms with Crippen molar-refractivity contribution in [1.29, 1.82) is 0 Å². The maximum Gasteiger partial charge on any atom is 0.418 e. The van der Waals surface area contributed by atoms with Crippen LogP contribution in [0.25, 0.3) is 11.1 Å². The van der Waals surface area contributed by atoms with Gasteiger partial charge in [0.1, 0.15) is 0 Å². The summed E-state index contributed by atoms with van der Waals surface area (Å²) >= 11 is 0. The SMILES string of the molecule is Cc1ccc(-c2ccc(N)c(C(F)(F)F)c2)cc1C(F)(F)F. The second-order valence-electron chi connectivity index (χ2n) is 4.83. The lowest BCUT2D eigenvalue weighted by molar-refractivity contribution is -0.138. The minimum Gasteiger partial charge on any atom is -0.398 e. The number of hydrogen-bond acceptors (Lipinski definition) is 1. The Morgan fingerprint density at radius 2 is 1.18 bits per heavy atom. The predicted octanol–water partition coefficient (Wildman–Crippen LogP) is 5.28. The highest BCUT2D eigenvalue weighted by molar-refractivity contribution is 5.69. The van der Waals surface area contributed by atoms with Crippen LogP contribution in [0.3, 0.4) is 0 Å². The summed E-state index contributed by atoms with van der Waals surface area (Å²) in [7, 11) is 0. The van der Waals surface area contributed by atoms with Gasteiger partial charge < -0.3 is 5.73 Å². The summed E-state index contributed by atoms with van der Waals surface area (Å²) < 4.78 is 77.1. The number of anilines is 1. The topological polar surface area (TPSA) is 26.0 Å². The molecule has 2 N–H and O–H groups in total. The number of rotatable bonds is 1. The summed E-state index contributed by atoms with van der Waals surface area (Å²) in [4.78, 5) is 0. The van der Waals surface area contributed by atoms with Crippen molar-refractivity contribution in [2.45, 2.75) is 19.3 Å². The predicted molar refractivity (Wildman–Crippen MR) is 71.0 cm³/mol. The highest BCUT2D eigenvalue weighted by Crippen LogP contribution is 2.38. The van der Waals surface area contributed by atoms with Crippen LogP contribution in [0.5, 0.6) is 0 Å². The molecule has 2 rings (SSSR count). The zero-order valence-electron chi connectivity index (χ0n) is 11.3. The lowest BCUT2D eigenvalue weighted by Crippen LogP contribution is -2.09. The van der Waals surface area contributed by atoms with Crippen LogP contribution in [-0.4, -0.2) is 0 Å². The van der Waals surface area contributed by atoms with E-state index in [4.69, 9.17) is 5.73 Å². The van der Waals surface area contributed by atoms with Crippen LogP contribution in [0, 0.1) is 6.92 Å². The molecule has 0 heterocycles. The Hall–Kier alpha value is -2.18. The molecule has 0 amide bonds. The van der Waals surface area contributed by atoms with E-state index in [-0.39, 0.29) is 16.7 Å². The summed E-state index contributed by atoms with van der Waals surface area (Å²) in [6, 6.07) is 6.44. The van der Waals surface area contributed by atoms with E-state index >= 15 is 0 Å². The molecule has 0 bridgehead atoms. The molecule has 0 aliphatic carbocycles. The zero-order chi connectivity index (χ0) is 16.7. The number of nitrogen functional groups attached to an aromatic ring is 1. The Bertz CT molecular complexity index is 639. The minimum absolute atomic E-state index is 0.00254. The van der Waals surface area contributed by atoms with Crippen molar-refractivity contribution < 1.29 is 26.3 Å². The Labute approximate surface area is 122 Å². The molecule has 7 heteroatoms. The molecule has 1 nitrogen and oxygen atoms in total. The van der Waals surface area contributed by atoms with Crippen LogP contribution in [-0.2, 0) is 12.4 Å². The summed E-state index contributed by atoms with van der Waals surface area (Å²) in [5.41, 5.74) is 2.92. The number of alkyl halides is 6. The van der Waals surface area contributed by atoms with Crippen molar-refractivity contribution >= 4 is 5.69 Å². The van der Waals surface area contributed by atoms with Gasteiger partial charge >= 0.3 is 12.4 Å². The maximum atomic E-state index is 12.9. The lowest BCUT2D eigenvalue weighted by Gasteiger charge is -2.14. The summed E-state index contributed by atoms with van der Waals surface area (Å²) in [5, 5.41) is 0. The van der Waals surface area contributed by atoms with Gasteiger partial charge in [-0.25, -0.2) is 0 Å².